The minimum Gasteiger partial charge on any atom is -0.497 e. The lowest BCUT2D eigenvalue weighted by atomic mass is 10.1. The van der Waals surface area contributed by atoms with E-state index in [2.05, 4.69) is 5.32 Å². The fourth-order valence-electron chi connectivity index (χ4n) is 3.25. The van der Waals surface area contributed by atoms with Crippen LogP contribution in [-0.4, -0.2) is 32.6 Å². The molecule has 0 bridgehead atoms. The van der Waals surface area contributed by atoms with E-state index in [0.717, 1.165) is 24.2 Å². The Hall–Kier alpha value is -3.02. The van der Waals surface area contributed by atoms with Gasteiger partial charge in [-0.1, -0.05) is 0 Å². The molecule has 2 aromatic rings. The molecule has 1 heterocycles. The number of ether oxygens (including phenoxy) is 2. The lowest BCUT2D eigenvalue weighted by molar-refractivity contribution is -0.117. The number of amides is 2. The van der Waals surface area contributed by atoms with Gasteiger partial charge in [0, 0.05) is 29.8 Å². The van der Waals surface area contributed by atoms with Crippen LogP contribution < -0.4 is 19.7 Å². The van der Waals surface area contributed by atoms with Gasteiger partial charge < -0.3 is 19.7 Å². The molecule has 0 saturated carbocycles. The van der Waals surface area contributed by atoms with Gasteiger partial charge >= 0.3 is 0 Å². The number of carbonyl (C=O) groups excluding carboxylic acids is 2. The van der Waals surface area contributed by atoms with Gasteiger partial charge in [0.2, 0.25) is 5.91 Å². The summed E-state index contributed by atoms with van der Waals surface area (Å²) in [5.74, 6) is 1.33. The molecule has 2 amide bonds. The van der Waals surface area contributed by atoms with Crippen molar-refractivity contribution in [2.24, 2.45) is 0 Å². The minimum atomic E-state index is -0.262. The molecule has 2 aromatic carbocycles. The van der Waals surface area contributed by atoms with Crippen molar-refractivity contribution in [2.45, 2.75) is 25.8 Å². The van der Waals surface area contributed by atoms with Gasteiger partial charge in [0.05, 0.1) is 20.3 Å². The quantitative estimate of drug-likeness (QED) is 0.849. The van der Waals surface area contributed by atoms with Crippen molar-refractivity contribution >= 4 is 17.5 Å². The Morgan fingerprint density at radius 2 is 1.85 bits per heavy atom. The summed E-state index contributed by atoms with van der Waals surface area (Å²) in [5, 5.41) is 2.98. The van der Waals surface area contributed by atoms with Crippen LogP contribution in [0.1, 0.15) is 41.7 Å². The predicted molar refractivity (Wildman–Crippen MR) is 103 cm³/mol. The number of nitrogens with one attached hydrogen (secondary N) is 1. The molecule has 0 aliphatic carbocycles. The van der Waals surface area contributed by atoms with Crippen LogP contribution in [0.15, 0.2) is 42.5 Å². The largest absolute Gasteiger partial charge is 0.497 e. The average molecular weight is 368 g/mol. The lowest BCUT2D eigenvalue weighted by Gasteiger charge is -2.19. The van der Waals surface area contributed by atoms with Crippen molar-refractivity contribution in [2.75, 3.05) is 25.7 Å². The maximum Gasteiger partial charge on any atom is 0.251 e. The second-order valence-corrected chi connectivity index (χ2v) is 6.50. The van der Waals surface area contributed by atoms with Gasteiger partial charge in [-0.05, 0) is 55.8 Å². The van der Waals surface area contributed by atoms with Gasteiger partial charge in [-0.2, -0.15) is 0 Å². The van der Waals surface area contributed by atoms with Gasteiger partial charge in [-0.25, -0.2) is 0 Å². The molecule has 3 rings (SSSR count). The van der Waals surface area contributed by atoms with Crippen LogP contribution in [0, 0.1) is 0 Å². The summed E-state index contributed by atoms with van der Waals surface area (Å²) in [4.78, 5) is 26.2. The first-order valence-electron chi connectivity index (χ1n) is 8.96. The average Bonchev–Trinajstić information content (AvgIpc) is 3.13. The molecular formula is C21H24N2O4. The molecule has 142 valence electrons. The Bertz CT molecular complexity index is 833. The molecule has 6 nitrogen and oxygen atoms in total. The van der Waals surface area contributed by atoms with E-state index in [4.69, 9.17) is 9.47 Å². The maximum atomic E-state index is 12.6. The molecule has 0 spiro atoms. The number of anilines is 1. The van der Waals surface area contributed by atoms with Crippen LogP contribution in [0.2, 0.25) is 0 Å². The van der Waals surface area contributed by atoms with Gasteiger partial charge in [-0.3, -0.25) is 9.59 Å². The smallest absolute Gasteiger partial charge is 0.251 e. The molecule has 1 aliphatic heterocycles. The van der Waals surface area contributed by atoms with Crippen molar-refractivity contribution in [3.8, 4) is 11.5 Å². The fourth-order valence-corrected chi connectivity index (χ4v) is 3.25. The molecule has 1 aliphatic rings. The molecule has 1 fully saturated rings. The minimum absolute atomic E-state index is 0.131. The normalized spacial score (nSPS) is 14.8. The van der Waals surface area contributed by atoms with Crippen LogP contribution in [0.3, 0.4) is 0 Å². The Labute approximate surface area is 159 Å². The van der Waals surface area contributed by atoms with Gasteiger partial charge in [0.1, 0.15) is 11.5 Å². The van der Waals surface area contributed by atoms with E-state index in [0.29, 0.717) is 23.5 Å². The standard InChI is InChI=1S/C21H24N2O4/c1-14(18-13-17(26-2)10-11-19(18)27-3)22-21(25)15-6-8-16(9-7-15)23-12-4-5-20(23)24/h6-11,13-14H,4-5,12H2,1-3H3,(H,22,25)/t14-/m0/s1. The van der Waals surface area contributed by atoms with E-state index in [1.165, 1.54) is 0 Å². The summed E-state index contributed by atoms with van der Waals surface area (Å²) < 4.78 is 10.7. The van der Waals surface area contributed by atoms with E-state index in [-0.39, 0.29) is 17.9 Å². The number of benzene rings is 2. The fraction of sp³-hybridized carbons (Fsp3) is 0.333. The first-order chi connectivity index (χ1) is 13.0. The van der Waals surface area contributed by atoms with Crippen molar-refractivity contribution in [3.05, 3.63) is 53.6 Å². The van der Waals surface area contributed by atoms with Crippen LogP contribution >= 0.6 is 0 Å². The number of carbonyl (C=O) groups is 2. The highest BCUT2D eigenvalue weighted by atomic mass is 16.5. The van der Waals surface area contributed by atoms with E-state index in [1.807, 2.05) is 37.3 Å². The zero-order valence-electron chi connectivity index (χ0n) is 15.8. The Kier molecular flexibility index (Phi) is 5.64. The molecule has 1 N–H and O–H groups in total. The summed E-state index contributed by atoms with van der Waals surface area (Å²) in [7, 11) is 3.19. The zero-order valence-corrected chi connectivity index (χ0v) is 15.8. The SMILES string of the molecule is COc1ccc(OC)c([C@H](C)NC(=O)c2ccc(N3CCCC3=O)cc2)c1. The number of hydrogen-bond acceptors (Lipinski definition) is 4. The number of hydrogen-bond donors (Lipinski definition) is 1. The van der Waals surface area contributed by atoms with Crippen molar-refractivity contribution in [1.82, 2.24) is 5.32 Å². The molecule has 6 heteroatoms. The van der Waals surface area contributed by atoms with E-state index >= 15 is 0 Å². The van der Waals surface area contributed by atoms with Crippen LogP contribution in [-0.2, 0) is 4.79 Å². The Balaban J connectivity index is 1.72. The van der Waals surface area contributed by atoms with Gasteiger partial charge in [0.15, 0.2) is 0 Å². The highest BCUT2D eigenvalue weighted by Crippen LogP contribution is 2.29. The highest BCUT2D eigenvalue weighted by Gasteiger charge is 2.22. The monoisotopic (exact) mass is 368 g/mol. The molecular weight excluding hydrogens is 344 g/mol. The summed E-state index contributed by atoms with van der Waals surface area (Å²) in [5.41, 5.74) is 2.21. The molecule has 0 radical (unpaired) electrons. The van der Waals surface area contributed by atoms with Crippen molar-refractivity contribution in [1.29, 1.82) is 0 Å². The Morgan fingerprint density at radius 3 is 2.44 bits per heavy atom. The number of nitrogens with zero attached hydrogens (tertiary/aromatic N) is 1. The van der Waals surface area contributed by atoms with Crippen molar-refractivity contribution < 1.29 is 19.1 Å². The first-order valence-corrected chi connectivity index (χ1v) is 8.96. The van der Waals surface area contributed by atoms with Gasteiger partial charge in [-0.15, -0.1) is 0 Å². The molecule has 1 saturated heterocycles. The molecule has 1 atom stereocenters. The van der Waals surface area contributed by atoms with Gasteiger partial charge in [0.25, 0.3) is 5.91 Å². The molecule has 0 aromatic heterocycles. The van der Waals surface area contributed by atoms with Crippen LogP contribution in [0.4, 0.5) is 5.69 Å². The second-order valence-electron chi connectivity index (χ2n) is 6.50. The first kappa shape index (κ1) is 18.8. The summed E-state index contributed by atoms with van der Waals surface area (Å²) in [6.07, 6.45) is 1.46. The van der Waals surface area contributed by atoms with E-state index < -0.39 is 0 Å². The zero-order chi connectivity index (χ0) is 19.4. The van der Waals surface area contributed by atoms with E-state index in [9.17, 15) is 9.59 Å². The van der Waals surface area contributed by atoms with Crippen LogP contribution in [0.5, 0.6) is 11.5 Å². The summed E-state index contributed by atoms with van der Waals surface area (Å²) >= 11 is 0. The highest BCUT2D eigenvalue weighted by molar-refractivity contribution is 5.97. The summed E-state index contributed by atoms with van der Waals surface area (Å²) in [6, 6.07) is 12.3. The predicted octanol–water partition coefficient (Wildman–Crippen LogP) is 3.32. The second kappa shape index (κ2) is 8.12. The number of rotatable bonds is 6. The topological polar surface area (TPSA) is 67.9 Å². The van der Waals surface area contributed by atoms with Crippen LogP contribution in [0.25, 0.3) is 0 Å². The molecule has 27 heavy (non-hydrogen) atoms. The third-order valence-corrected chi connectivity index (χ3v) is 4.77. The lowest BCUT2D eigenvalue weighted by Crippen LogP contribution is -2.27. The molecule has 0 unspecified atom stereocenters. The third-order valence-electron chi connectivity index (χ3n) is 4.77. The van der Waals surface area contributed by atoms with Crippen molar-refractivity contribution in [3.63, 3.8) is 0 Å². The van der Waals surface area contributed by atoms with E-state index in [1.54, 1.807) is 31.3 Å². The summed E-state index contributed by atoms with van der Waals surface area (Å²) in [6.45, 7) is 2.63. The maximum absolute atomic E-state index is 12.6. The number of methoxy groups -OCH3 is 2. The Morgan fingerprint density at radius 1 is 1.11 bits per heavy atom. The third kappa shape index (κ3) is 4.05.